The minimum atomic E-state index is -3.96. The van der Waals surface area contributed by atoms with Gasteiger partial charge < -0.3 is 0 Å². The molecular weight excluding hydrogens is 227 g/mol. The van der Waals surface area contributed by atoms with Crippen LogP contribution in [0.1, 0.15) is 20.8 Å². The van der Waals surface area contributed by atoms with Gasteiger partial charge in [-0.25, -0.2) is 0 Å². The van der Waals surface area contributed by atoms with Gasteiger partial charge in [-0.05, 0) is 0 Å². The molecule has 0 aliphatic heterocycles. The van der Waals surface area contributed by atoms with Crippen molar-refractivity contribution in [3.8, 4) is 0 Å². The van der Waals surface area contributed by atoms with E-state index in [0.29, 0.717) is 0 Å². The van der Waals surface area contributed by atoms with E-state index >= 15 is 0 Å². The molecule has 0 atom stereocenters. The summed E-state index contributed by atoms with van der Waals surface area (Å²) in [4.78, 5) is 37.9. The van der Waals surface area contributed by atoms with E-state index in [2.05, 4.69) is 6.58 Å². The SMILES string of the molecule is C=C[CH2][Co](=[C]=O)(=[C]=O)(=[C]=O)[C](C)(C)C. The number of carbonyl (C=O) groups excluding carboxylic acids is 3. The third-order valence-electron chi connectivity index (χ3n) is 1.92. The first-order valence-electron chi connectivity index (χ1n) is 3.83. The van der Waals surface area contributed by atoms with Gasteiger partial charge in [-0.2, -0.15) is 0 Å². The summed E-state index contributed by atoms with van der Waals surface area (Å²) in [6.07, 6.45) is 1.38. The van der Waals surface area contributed by atoms with Crippen LogP contribution in [0.5, 0.6) is 0 Å². The van der Waals surface area contributed by atoms with E-state index in [9.17, 15) is 14.4 Å². The molecule has 0 aromatic heterocycles. The van der Waals surface area contributed by atoms with E-state index < -0.39 is 14.6 Å². The van der Waals surface area contributed by atoms with Crippen molar-refractivity contribution >= 4 is 14.5 Å². The molecule has 14 heavy (non-hydrogen) atoms. The average molecular weight is 241 g/mol. The summed E-state index contributed by atoms with van der Waals surface area (Å²) in [5, 5.41) is -0.00972. The van der Waals surface area contributed by atoms with Gasteiger partial charge in [0.05, 0.1) is 0 Å². The van der Waals surface area contributed by atoms with Crippen LogP contribution >= 0.6 is 0 Å². The molecule has 0 aliphatic carbocycles. The van der Waals surface area contributed by atoms with Gasteiger partial charge in [0.2, 0.25) is 0 Å². The van der Waals surface area contributed by atoms with Crippen LogP contribution in [0.15, 0.2) is 12.7 Å². The molecule has 0 aromatic carbocycles. The van der Waals surface area contributed by atoms with E-state index in [1.165, 1.54) is 6.08 Å². The molecule has 0 rings (SSSR count). The Morgan fingerprint density at radius 2 is 1.50 bits per heavy atom. The maximum absolute atomic E-state index is 11.0. The van der Waals surface area contributed by atoms with Gasteiger partial charge in [0.15, 0.2) is 0 Å². The predicted octanol–water partition coefficient (Wildman–Crippen LogP) is 1.70. The fourth-order valence-corrected chi connectivity index (χ4v) is 3.41. The van der Waals surface area contributed by atoms with Crippen molar-refractivity contribution in [2.24, 2.45) is 0 Å². The second kappa shape index (κ2) is 3.62. The first-order chi connectivity index (χ1) is 6.32. The zero-order chi connectivity index (χ0) is 11.5. The molecule has 3 nitrogen and oxygen atoms in total. The van der Waals surface area contributed by atoms with Crippen LogP contribution < -0.4 is 0 Å². The molecule has 0 N–H and O–H groups in total. The fraction of sp³-hybridized carbons (Fsp3) is 0.500. The van der Waals surface area contributed by atoms with Gasteiger partial charge in [0, 0.05) is 0 Å². The Balaban J connectivity index is 7.03. The van der Waals surface area contributed by atoms with Gasteiger partial charge in [0.25, 0.3) is 0 Å². The van der Waals surface area contributed by atoms with Crippen molar-refractivity contribution in [1.82, 2.24) is 0 Å². The van der Waals surface area contributed by atoms with Crippen LogP contribution in [0.2, 0.25) is 9.70 Å². The number of rotatable bonds is 2. The molecule has 0 saturated heterocycles. The number of hydrogen-bond acceptors (Lipinski definition) is 3. The second-order valence-electron chi connectivity index (χ2n) is 3.60. The van der Waals surface area contributed by atoms with Gasteiger partial charge in [-0.15, -0.1) is 0 Å². The van der Waals surface area contributed by atoms with Gasteiger partial charge in [-0.1, -0.05) is 0 Å². The van der Waals surface area contributed by atoms with Crippen molar-refractivity contribution in [2.45, 2.75) is 30.5 Å². The van der Waals surface area contributed by atoms with Crippen molar-refractivity contribution in [2.75, 3.05) is 0 Å². The van der Waals surface area contributed by atoms with Crippen LogP contribution in [-0.2, 0) is 24.7 Å². The predicted molar refractivity (Wildman–Crippen MR) is 51.8 cm³/mol. The molecule has 0 spiro atoms. The Labute approximate surface area is 82.6 Å². The van der Waals surface area contributed by atoms with Crippen LogP contribution in [0.4, 0.5) is 0 Å². The Kier molecular flexibility index (Phi) is 3.36. The van der Waals surface area contributed by atoms with E-state index in [1.807, 2.05) is 0 Å². The molecule has 0 unspecified atom stereocenters. The van der Waals surface area contributed by atoms with Crippen LogP contribution in [-0.4, -0.2) is 14.5 Å². The molecule has 81 valence electrons. The van der Waals surface area contributed by atoms with Crippen molar-refractivity contribution in [3.05, 3.63) is 12.7 Å². The molecule has 0 heterocycles. The van der Waals surface area contributed by atoms with Gasteiger partial charge in [0.1, 0.15) is 0 Å². The minimum absolute atomic E-state index is 0.00972. The van der Waals surface area contributed by atoms with E-state index in [0.717, 1.165) is 0 Å². The zero-order valence-electron chi connectivity index (χ0n) is 8.55. The molecule has 0 fully saturated rings. The number of hydrogen-bond donors (Lipinski definition) is 0. The summed E-state index contributed by atoms with van der Waals surface area (Å²) >= 11 is 0. The van der Waals surface area contributed by atoms with E-state index in [1.54, 1.807) is 35.2 Å². The summed E-state index contributed by atoms with van der Waals surface area (Å²) in [7, 11) is -3.96. The molecule has 0 aromatic rings. The normalized spacial score (nSPS) is 14.1. The molecule has 0 radical (unpaired) electrons. The third-order valence-corrected chi connectivity index (χ3v) is 7.93. The zero-order valence-corrected chi connectivity index (χ0v) is 9.59. The Morgan fingerprint density at radius 1 is 1.14 bits per heavy atom. The molecule has 0 bridgehead atoms. The topological polar surface area (TPSA) is 51.2 Å². The Hall–Kier alpha value is -1.01. The van der Waals surface area contributed by atoms with E-state index in [-0.39, 0.29) is 5.36 Å². The molecule has 0 saturated carbocycles. The molecular formula is C10H14CoO3. The maximum atomic E-state index is 11.0. The summed E-state index contributed by atoms with van der Waals surface area (Å²) in [5.41, 5.74) is 0. The standard InChI is InChI=1S/C4H9.C3H5.3CO.Co/c1-4(2)3;1-3-2;3*1-2;/h1-3H3;3H,1-2H2;;;;. The molecule has 0 amide bonds. The second-order valence-corrected chi connectivity index (χ2v) is 9.26. The third kappa shape index (κ3) is 1.40. The van der Waals surface area contributed by atoms with Crippen LogP contribution in [0.25, 0.3) is 0 Å². The van der Waals surface area contributed by atoms with E-state index in [4.69, 9.17) is 0 Å². The fourth-order valence-electron chi connectivity index (χ4n) is 0.828. The Bertz CT molecular complexity index is 484. The quantitative estimate of drug-likeness (QED) is 0.691. The monoisotopic (exact) mass is 241 g/mol. The summed E-state index contributed by atoms with van der Waals surface area (Å²) in [6.45, 7) is 8.39. The van der Waals surface area contributed by atoms with Gasteiger partial charge >= 0.3 is 82.3 Å². The first-order valence-corrected chi connectivity index (χ1v) is 6.65. The number of allylic oxidation sites excluding steroid dienone is 1. The van der Waals surface area contributed by atoms with Crippen molar-refractivity contribution < 1.29 is 24.7 Å². The molecule has 0 aliphatic rings. The summed E-state index contributed by atoms with van der Waals surface area (Å²) < 4.78 is -0.802. The summed E-state index contributed by atoms with van der Waals surface area (Å²) in [6, 6.07) is 0. The summed E-state index contributed by atoms with van der Waals surface area (Å²) in [5.74, 6) is 0. The van der Waals surface area contributed by atoms with Crippen LogP contribution in [0, 0.1) is 0 Å². The first kappa shape index (κ1) is 13.0. The van der Waals surface area contributed by atoms with Crippen molar-refractivity contribution in [3.63, 3.8) is 0 Å². The van der Waals surface area contributed by atoms with Crippen LogP contribution in [0.3, 0.4) is 0 Å². The molecule has 4 heteroatoms. The van der Waals surface area contributed by atoms with Gasteiger partial charge in [-0.3, -0.25) is 0 Å². The van der Waals surface area contributed by atoms with Crippen molar-refractivity contribution in [1.29, 1.82) is 0 Å². The Morgan fingerprint density at radius 3 is 1.57 bits per heavy atom. The average Bonchev–Trinajstić information content (AvgIpc) is 2.13.